The summed E-state index contributed by atoms with van der Waals surface area (Å²) < 4.78 is 0. The summed E-state index contributed by atoms with van der Waals surface area (Å²) in [6, 6.07) is 3.10. The van der Waals surface area contributed by atoms with Gasteiger partial charge in [-0.3, -0.25) is 5.43 Å². The van der Waals surface area contributed by atoms with Crippen LogP contribution in [-0.2, 0) is 0 Å². The molecule has 0 bridgehead atoms. The minimum Gasteiger partial charge on any atom is -0.273 e. The quantitative estimate of drug-likeness (QED) is 0.364. The van der Waals surface area contributed by atoms with Crippen LogP contribution in [0.5, 0.6) is 0 Å². The summed E-state index contributed by atoms with van der Waals surface area (Å²) in [5.41, 5.74) is 1.99. The molecule has 0 atom stereocenters. The lowest BCUT2D eigenvalue weighted by atomic mass is 10.3. The maximum absolute atomic E-state index is 8.51. The third-order valence-electron chi connectivity index (χ3n) is 1.70. The normalized spacial score (nSPS) is 9.28. The zero-order valence-corrected chi connectivity index (χ0v) is 12.0. The molecule has 0 heterocycles. The highest BCUT2D eigenvalue weighted by molar-refractivity contribution is 6.56. The van der Waals surface area contributed by atoms with E-state index in [-0.39, 0.29) is 30.8 Å². The van der Waals surface area contributed by atoms with Gasteiger partial charge < -0.3 is 0 Å². The number of halogens is 5. The second-order valence-corrected chi connectivity index (χ2v) is 4.63. The van der Waals surface area contributed by atoms with Crippen molar-refractivity contribution in [2.24, 2.45) is 5.10 Å². The van der Waals surface area contributed by atoms with E-state index in [1.165, 1.54) is 0 Å². The molecule has 0 spiro atoms. The van der Waals surface area contributed by atoms with E-state index in [4.69, 9.17) is 68.5 Å². The number of nitrogens with one attached hydrogen (secondary N) is 1. The number of hydrogen-bond donors (Lipinski definition) is 1. The molecule has 0 aliphatic rings. The van der Waals surface area contributed by atoms with E-state index in [1.807, 2.05) is 0 Å². The highest BCUT2D eigenvalue weighted by atomic mass is 35.5. The molecule has 0 unspecified atom stereocenters. The molecule has 1 aromatic rings. The van der Waals surface area contributed by atoms with Crippen molar-refractivity contribution < 1.29 is 0 Å². The van der Waals surface area contributed by atoms with Crippen molar-refractivity contribution in [2.75, 3.05) is 5.43 Å². The number of rotatable bonds is 2. The fourth-order valence-corrected chi connectivity index (χ4v) is 2.11. The van der Waals surface area contributed by atoms with Gasteiger partial charge in [-0.25, -0.2) is 0 Å². The molecule has 4 nitrogen and oxygen atoms in total. The molecule has 0 saturated carbocycles. The van der Waals surface area contributed by atoms with Gasteiger partial charge in [0.05, 0.1) is 30.8 Å². The molecule has 0 aliphatic heterocycles. The maximum Gasteiger partial charge on any atom is 0.237 e. The Bertz CT molecular complexity index is 566. The lowest BCUT2D eigenvalue weighted by Crippen LogP contribution is -1.98. The van der Waals surface area contributed by atoms with Gasteiger partial charge in [-0.05, 0) is 0 Å². The van der Waals surface area contributed by atoms with Crippen molar-refractivity contribution in [3.8, 4) is 12.1 Å². The molecule has 9 heteroatoms. The lowest BCUT2D eigenvalue weighted by Gasteiger charge is -2.11. The third kappa shape index (κ3) is 2.92. The van der Waals surface area contributed by atoms with Crippen LogP contribution in [0.2, 0.25) is 25.1 Å². The summed E-state index contributed by atoms with van der Waals surface area (Å²) >= 11 is 29.2. The Balaban J connectivity index is 3.33. The summed E-state index contributed by atoms with van der Waals surface area (Å²) in [5, 5.41) is 20.4. The van der Waals surface area contributed by atoms with Crippen molar-refractivity contribution >= 4 is 69.4 Å². The molecular weight excluding hydrogens is 341 g/mol. The van der Waals surface area contributed by atoms with Gasteiger partial charge in [0, 0.05) is 0 Å². The number of nitriles is 2. The van der Waals surface area contributed by atoms with Crippen LogP contribution in [0.25, 0.3) is 0 Å². The van der Waals surface area contributed by atoms with Crippen molar-refractivity contribution in [2.45, 2.75) is 0 Å². The molecular formula is C9HCl5N4. The van der Waals surface area contributed by atoms with Crippen molar-refractivity contribution in [3.63, 3.8) is 0 Å². The summed E-state index contributed by atoms with van der Waals surface area (Å²) in [4.78, 5) is 0. The summed E-state index contributed by atoms with van der Waals surface area (Å²) in [7, 11) is 0. The Labute approximate surface area is 127 Å². The zero-order valence-electron chi connectivity index (χ0n) is 8.23. The van der Waals surface area contributed by atoms with Gasteiger partial charge >= 0.3 is 0 Å². The SMILES string of the molecule is N#CC(C#N)=NNc1c(Cl)c(Cl)c(Cl)c(Cl)c1Cl. The Morgan fingerprint density at radius 1 is 0.833 bits per heavy atom. The van der Waals surface area contributed by atoms with Crippen LogP contribution in [0.3, 0.4) is 0 Å². The van der Waals surface area contributed by atoms with Gasteiger partial charge in [0.15, 0.2) is 0 Å². The molecule has 92 valence electrons. The van der Waals surface area contributed by atoms with Crippen molar-refractivity contribution in [3.05, 3.63) is 25.1 Å². The predicted molar refractivity (Wildman–Crippen MR) is 73.8 cm³/mol. The first-order valence-electron chi connectivity index (χ1n) is 4.09. The van der Waals surface area contributed by atoms with Gasteiger partial charge in [0.1, 0.15) is 12.1 Å². The van der Waals surface area contributed by atoms with Gasteiger partial charge in [-0.1, -0.05) is 58.0 Å². The van der Waals surface area contributed by atoms with Gasteiger partial charge in [-0.2, -0.15) is 15.6 Å². The van der Waals surface area contributed by atoms with Crippen molar-refractivity contribution in [1.82, 2.24) is 0 Å². The van der Waals surface area contributed by atoms with E-state index in [2.05, 4.69) is 10.5 Å². The maximum atomic E-state index is 8.51. The van der Waals surface area contributed by atoms with E-state index in [0.717, 1.165) is 0 Å². The number of hydrazone groups is 1. The van der Waals surface area contributed by atoms with Crippen LogP contribution in [0.1, 0.15) is 0 Å². The molecule has 1 N–H and O–H groups in total. The van der Waals surface area contributed by atoms with Gasteiger partial charge in [-0.15, -0.1) is 0 Å². The number of hydrogen-bond acceptors (Lipinski definition) is 4. The molecule has 18 heavy (non-hydrogen) atoms. The molecule has 0 fully saturated rings. The minimum atomic E-state index is -0.413. The summed E-state index contributed by atoms with van der Waals surface area (Å²) in [6.07, 6.45) is 0. The average Bonchev–Trinajstić information content (AvgIpc) is 2.38. The average molecular weight is 342 g/mol. The molecule has 0 aliphatic carbocycles. The zero-order chi connectivity index (χ0) is 13.9. The highest BCUT2D eigenvalue weighted by Gasteiger charge is 2.19. The molecule has 1 rings (SSSR count). The second-order valence-electron chi connectivity index (χ2n) is 2.74. The lowest BCUT2D eigenvalue weighted by molar-refractivity contribution is 1.34. The van der Waals surface area contributed by atoms with Crippen LogP contribution < -0.4 is 5.43 Å². The van der Waals surface area contributed by atoms with Crippen LogP contribution in [0.15, 0.2) is 5.10 Å². The van der Waals surface area contributed by atoms with Crippen LogP contribution in [0.4, 0.5) is 5.69 Å². The molecule has 0 saturated heterocycles. The van der Waals surface area contributed by atoms with E-state index in [0.29, 0.717) is 0 Å². The Hall–Kier alpha value is -0.880. The molecule has 0 aromatic heterocycles. The largest absolute Gasteiger partial charge is 0.273 e. The van der Waals surface area contributed by atoms with E-state index in [1.54, 1.807) is 12.1 Å². The fourth-order valence-electron chi connectivity index (χ4n) is 0.890. The molecule has 0 radical (unpaired) electrons. The first kappa shape index (κ1) is 15.2. The standard InChI is InChI=1S/C9HCl5N4/c10-4-5(11)7(13)9(8(14)6(4)12)18-17-3(1-15)2-16/h18H. The number of nitrogens with zero attached hydrogens (tertiary/aromatic N) is 3. The first-order valence-corrected chi connectivity index (χ1v) is 5.98. The monoisotopic (exact) mass is 340 g/mol. The number of anilines is 1. The second kappa shape index (κ2) is 6.33. The molecule has 0 amide bonds. The summed E-state index contributed by atoms with van der Waals surface area (Å²) in [5.74, 6) is 0. The highest BCUT2D eigenvalue weighted by Crippen LogP contribution is 2.46. The topological polar surface area (TPSA) is 72.0 Å². The number of benzene rings is 1. The van der Waals surface area contributed by atoms with E-state index >= 15 is 0 Å². The first-order chi connectivity index (χ1) is 8.43. The summed E-state index contributed by atoms with van der Waals surface area (Å²) in [6.45, 7) is 0. The molecule has 1 aromatic carbocycles. The van der Waals surface area contributed by atoms with Crippen LogP contribution in [-0.4, -0.2) is 5.71 Å². The van der Waals surface area contributed by atoms with E-state index < -0.39 is 5.71 Å². The van der Waals surface area contributed by atoms with E-state index in [9.17, 15) is 0 Å². The van der Waals surface area contributed by atoms with Gasteiger partial charge in [0.25, 0.3) is 0 Å². The minimum absolute atomic E-state index is 0.00338. The van der Waals surface area contributed by atoms with Gasteiger partial charge in [0.2, 0.25) is 5.71 Å². The third-order valence-corrected chi connectivity index (χ3v) is 3.98. The van der Waals surface area contributed by atoms with Crippen molar-refractivity contribution in [1.29, 1.82) is 10.5 Å². The Morgan fingerprint density at radius 2 is 1.22 bits per heavy atom. The Kier molecular flexibility index (Phi) is 5.34. The Morgan fingerprint density at radius 3 is 1.61 bits per heavy atom. The van der Waals surface area contributed by atoms with Crippen LogP contribution >= 0.6 is 58.0 Å². The van der Waals surface area contributed by atoms with Crippen LogP contribution in [0, 0.1) is 22.7 Å². The predicted octanol–water partition coefficient (Wildman–Crippen LogP) is 4.77. The smallest absolute Gasteiger partial charge is 0.237 e. The fraction of sp³-hybridized carbons (Fsp3) is 0.